The maximum atomic E-state index is 12.1. The van der Waals surface area contributed by atoms with Crippen molar-refractivity contribution in [2.45, 2.75) is 26.4 Å². The molecule has 1 aromatic carbocycles. The van der Waals surface area contributed by atoms with Crippen LogP contribution in [0.3, 0.4) is 0 Å². The number of nitriles is 1. The molecule has 26 heavy (non-hydrogen) atoms. The number of aromatic nitrogens is 1. The van der Waals surface area contributed by atoms with Gasteiger partial charge in [0.25, 0.3) is 5.91 Å². The molecule has 2 N–H and O–H groups in total. The standard InChI is InChI=1S/C17H16N4O5/c1-10-9-14(21-26-10)20-16(23)11(2)25-17(24)12-3-5-13(6-4-12)19-15(22)7-8-18/h3-6,9,11H,7H2,1-2H3,(H,19,22)(H,20,21,23)/t11-/m1/s1. The summed E-state index contributed by atoms with van der Waals surface area (Å²) in [6.45, 7) is 3.11. The first-order chi connectivity index (χ1) is 12.4. The number of hydrogen-bond donors (Lipinski definition) is 2. The van der Waals surface area contributed by atoms with Gasteiger partial charge in [-0.1, -0.05) is 5.16 Å². The number of nitrogens with one attached hydrogen (secondary N) is 2. The minimum atomic E-state index is -1.05. The topological polar surface area (TPSA) is 134 Å². The molecule has 0 radical (unpaired) electrons. The number of carbonyl (C=O) groups excluding carboxylic acids is 3. The zero-order valence-corrected chi connectivity index (χ0v) is 14.1. The van der Waals surface area contributed by atoms with Crippen LogP contribution < -0.4 is 10.6 Å². The van der Waals surface area contributed by atoms with Gasteiger partial charge in [-0.3, -0.25) is 9.59 Å². The molecule has 0 bridgehead atoms. The second kappa shape index (κ2) is 8.43. The molecule has 2 rings (SSSR count). The molecule has 0 spiro atoms. The van der Waals surface area contributed by atoms with Crippen molar-refractivity contribution in [3.05, 3.63) is 41.7 Å². The minimum absolute atomic E-state index is 0.209. The highest BCUT2D eigenvalue weighted by atomic mass is 16.5. The Morgan fingerprint density at radius 2 is 1.96 bits per heavy atom. The summed E-state index contributed by atoms with van der Waals surface area (Å²) in [4.78, 5) is 35.4. The van der Waals surface area contributed by atoms with Crippen LogP contribution in [0.5, 0.6) is 0 Å². The van der Waals surface area contributed by atoms with Crippen molar-refractivity contribution in [2.75, 3.05) is 10.6 Å². The highest BCUT2D eigenvalue weighted by molar-refractivity contribution is 5.97. The van der Waals surface area contributed by atoms with Gasteiger partial charge in [0.1, 0.15) is 12.2 Å². The number of hydrogen-bond acceptors (Lipinski definition) is 7. The molecule has 1 heterocycles. The second-order valence-electron chi connectivity index (χ2n) is 5.32. The Kier molecular flexibility index (Phi) is 6.06. The van der Waals surface area contributed by atoms with Crippen LogP contribution >= 0.6 is 0 Å². The fourth-order valence-corrected chi connectivity index (χ4v) is 1.90. The summed E-state index contributed by atoms with van der Waals surface area (Å²) in [6.07, 6.45) is -1.31. The van der Waals surface area contributed by atoms with E-state index < -0.39 is 23.9 Å². The molecule has 0 saturated carbocycles. The molecule has 2 aromatic rings. The highest BCUT2D eigenvalue weighted by Crippen LogP contribution is 2.13. The van der Waals surface area contributed by atoms with Gasteiger partial charge < -0.3 is 19.9 Å². The van der Waals surface area contributed by atoms with E-state index in [0.717, 1.165) is 0 Å². The third-order valence-electron chi connectivity index (χ3n) is 3.18. The first-order valence-electron chi connectivity index (χ1n) is 7.61. The molecule has 0 unspecified atom stereocenters. The molecule has 0 aliphatic carbocycles. The average molecular weight is 356 g/mol. The van der Waals surface area contributed by atoms with Gasteiger partial charge in [-0.25, -0.2) is 4.79 Å². The molecule has 0 aliphatic heterocycles. The summed E-state index contributed by atoms with van der Waals surface area (Å²) in [5.74, 6) is -0.929. The Morgan fingerprint density at radius 3 is 2.54 bits per heavy atom. The zero-order chi connectivity index (χ0) is 19.1. The Hall–Kier alpha value is -3.67. The van der Waals surface area contributed by atoms with Crippen molar-refractivity contribution in [3.8, 4) is 6.07 Å². The Labute approximate surface area is 148 Å². The lowest BCUT2D eigenvalue weighted by Gasteiger charge is -2.12. The molecular formula is C17H16N4O5. The lowest BCUT2D eigenvalue weighted by atomic mass is 10.2. The Bertz CT molecular complexity index is 851. The number of carbonyl (C=O) groups is 3. The quantitative estimate of drug-likeness (QED) is 0.756. The van der Waals surface area contributed by atoms with Gasteiger partial charge >= 0.3 is 5.97 Å². The number of ether oxygens (including phenoxy) is 1. The summed E-state index contributed by atoms with van der Waals surface area (Å²) in [5.41, 5.74) is 0.647. The summed E-state index contributed by atoms with van der Waals surface area (Å²) in [6, 6.07) is 9.14. The van der Waals surface area contributed by atoms with E-state index in [2.05, 4.69) is 15.8 Å². The molecule has 9 heteroatoms. The lowest BCUT2D eigenvalue weighted by Crippen LogP contribution is -2.30. The van der Waals surface area contributed by atoms with E-state index >= 15 is 0 Å². The number of nitrogens with zero attached hydrogens (tertiary/aromatic N) is 2. The fourth-order valence-electron chi connectivity index (χ4n) is 1.90. The Balaban J connectivity index is 1.91. The van der Waals surface area contributed by atoms with E-state index in [1.54, 1.807) is 13.0 Å². The number of anilines is 2. The molecular weight excluding hydrogens is 340 g/mol. The summed E-state index contributed by atoms with van der Waals surface area (Å²) >= 11 is 0. The minimum Gasteiger partial charge on any atom is -0.449 e. The molecule has 134 valence electrons. The predicted octanol–water partition coefficient (Wildman–Crippen LogP) is 2.02. The zero-order valence-electron chi connectivity index (χ0n) is 14.1. The average Bonchev–Trinajstić information content (AvgIpc) is 3.00. The van der Waals surface area contributed by atoms with Crippen LogP contribution in [0, 0.1) is 18.3 Å². The van der Waals surface area contributed by atoms with Crippen molar-refractivity contribution in [1.82, 2.24) is 5.16 Å². The smallest absolute Gasteiger partial charge is 0.338 e. The van der Waals surface area contributed by atoms with Gasteiger partial charge in [0.05, 0.1) is 11.6 Å². The first-order valence-corrected chi connectivity index (χ1v) is 7.61. The number of rotatable bonds is 6. The normalized spacial score (nSPS) is 11.1. The monoisotopic (exact) mass is 356 g/mol. The molecule has 0 aliphatic rings. The first kappa shape index (κ1) is 18.7. The maximum absolute atomic E-state index is 12.1. The van der Waals surface area contributed by atoms with Crippen molar-refractivity contribution in [2.24, 2.45) is 0 Å². The number of amides is 2. The summed E-state index contributed by atoms with van der Waals surface area (Å²) < 4.78 is 9.93. The molecule has 1 atom stereocenters. The van der Waals surface area contributed by atoms with E-state index in [1.807, 2.05) is 0 Å². The van der Waals surface area contributed by atoms with Crippen LogP contribution in [0.1, 0.15) is 29.5 Å². The summed E-state index contributed by atoms with van der Waals surface area (Å²) in [5, 5.41) is 17.0. The van der Waals surface area contributed by atoms with Crippen LogP contribution in [0.2, 0.25) is 0 Å². The fraction of sp³-hybridized carbons (Fsp3) is 0.235. The van der Waals surface area contributed by atoms with Gasteiger partial charge in [0.2, 0.25) is 5.91 Å². The second-order valence-corrected chi connectivity index (χ2v) is 5.32. The Morgan fingerprint density at radius 1 is 1.27 bits per heavy atom. The third kappa shape index (κ3) is 5.17. The van der Waals surface area contributed by atoms with Gasteiger partial charge in [-0.2, -0.15) is 5.26 Å². The van der Waals surface area contributed by atoms with Crippen LogP contribution in [0.15, 0.2) is 34.9 Å². The van der Waals surface area contributed by atoms with Gasteiger partial charge in [-0.05, 0) is 38.1 Å². The highest BCUT2D eigenvalue weighted by Gasteiger charge is 2.20. The molecule has 2 amide bonds. The van der Waals surface area contributed by atoms with E-state index in [9.17, 15) is 14.4 Å². The molecule has 0 fully saturated rings. The van der Waals surface area contributed by atoms with E-state index in [4.69, 9.17) is 14.5 Å². The van der Waals surface area contributed by atoms with E-state index in [0.29, 0.717) is 11.4 Å². The maximum Gasteiger partial charge on any atom is 0.338 e. The number of esters is 1. The van der Waals surface area contributed by atoms with Gasteiger partial charge in [0, 0.05) is 11.8 Å². The third-order valence-corrected chi connectivity index (χ3v) is 3.18. The molecule has 1 aromatic heterocycles. The number of benzene rings is 1. The van der Waals surface area contributed by atoms with E-state index in [1.165, 1.54) is 37.3 Å². The van der Waals surface area contributed by atoms with Crippen LogP contribution in [0.25, 0.3) is 0 Å². The van der Waals surface area contributed by atoms with Crippen LogP contribution in [-0.2, 0) is 14.3 Å². The number of aryl methyl sites for hydroxylation is 1. The van der Waals surface area contributed by atoms with Crippen molar-refractivity contribution < 1.29 is 23.6 Å². The largest absolute Gasteiger partial charge is 0.449 e. The van der Waals surface area contributed by atoms with Gasteiger partial charge in [-0.15, -0.1) is 0 Å². The van der Waals surface area contributed by atoms with Crippen LogP contribution in [0.4, 0.5) is 11.5 Å². The summed E-state index contributed by atoms with van der Waals surface area (Å²) in [7, 11) is 0. The van der Waals surface area contributed by atoms with Crippen molar-refractivity contribution >= 4 is 29.3 Å². The van der Waals surface area contributed by atoms with Crippen molar-refractivity contribution in [3.63, 3.8) is 0 Å². The van der Waals surface area contributed by atoms with Crippen molar-refractivity contribution in [1.29, 1.82) is 5.26 Å². The van der Waals surface area contributed by atoms with Crippen LogP contribution in [-0.4, -0.2) is 29.0 Å². The molecule has 0 saturated heterocycles. The van der Waals surface area contributed by atoms with E-state index in [-0.39, 0.29) is 17.8 Å². The predicted molar refractivity (Wildman–Crippen MR) is 90.0 cm³/mol. The van der Waals surface area contributed by atoms with Gasteiger partial charge in [0.15, 0.2) is 11.9 Å². The molecule has 9 nitrogen and oxygen atoms in total. The lowest BCUT2D eigenvalue weighted by molar-refractivity contribution is -0.123. The SMILES string of the molecule is Cc1cc(NC(=O)[C@@H](C)OC(=O)c2ccc(NC(=O)CC#N)cc2)no1.